The standard InChI is InChI=1S/C19H24N4O2/c1-16-7-8-18(25-16)15-20-21-19(24)9-10-22-11-13-23(14-12-22)17-5-3-2-4-6-17/h2-8,15H,9-14H2,1H3,(H,21,24)/p+1/b20-15-. The Balaban J connectivity index is 1.35. The van der Waals surface area contributed by atoms with Crippen molar-refractivity contribution in [1.82, 2.24) is 5.43 Å². The van der Waals surface area contributed by atoms with E-state index in [9.17, 15) is 4.79 Å². The molecule has 0 spiro atoms. The monoisotopic (exact) mass is 341 g/mol. The molecule has 0 atom stereocenters. The van der Waals surface area contributed by atoms with Crippen molar-refractivity contribution in [2.45, 2.75) is 13.3 Å². The first kappa shape index (κ1) is 17.2. The van der Waals surface area contributed by atoms with Crippen molar-refractivity contribution in [3.05, 3.63) is 54.0 Å². The molecule has 0 aliphatic carbocycles. The Morgan fingerprint density at radius 1 is 1.24 bits per heavy atom. The van der Waals surface area contributed by atoms with Crippen LogP contribution in [-0.4, -0.2) is 44.8 Å². The summed E-state index contributed by atoms with van der Waals surface area (Å²) in [4.78, 5) is 15.8. The maximum Gasteiger partial charge on any atom is 0.245 e. The van der Waals surface area contributed by atoms with Crippen LogP contribution in [0.4, 0.5) is 5.69 Å². The van der Waals surface area contributed by atoms with Crippen LogP contribution in [0.3, 0.4) is 0 Å². The molecular formula is C19H25N4O2+. The number of amides is 1. The van der Waals surface area contributed by atoms with E-state index in [0.29, 0.717) is 12.2 Å². The Morgan fingerprint density at radius 3 is 2.68 bits per heavy atom. The maximum absolute atomic E-state index is 11.9. The SMILES string of the molecule is Cc1ccc(/C=N\NC(=O)CC[NH+]2CCN(c3ccccc3)CC2)o1. The van der Waals surface area contributed by atoms with E-state index < -0.39 is 0 Å². The van der Waals surface area contributed by atoms with E-state index in [1.54, 1.807) is 0 Å². The van der Waals surface area contributed by atoms with E-state index in [-0.39, 0.29) is 5.91 Å². The zero-order valence-corrected chi connectivity index (χ0v) is 14.6. The van der Waals surface area contributed by atoms with Crippen LogP contribution in [0.2, 0.25) is 0 Å². The molecule has 25 heavy (non-hydrogen) atoms. The van der Waals surface area contributed by atoms with Gasteiger partial charge in [0.2, 0.25) is 5.91 Å². The Labute approximate surface area is 148 Å². The molecule has 1 aromatic heterocycles. The van der Waals surface area contributed by atoms with E-state index in [1.165, 1.54) is 16.8 Å². The van der Waals surface area contributed by atoms with Crippen molar-refractivity contribution in [3.8, 4) is 0 Å². The zero-order chi connectivity index (χ0) is 17.5. The minimum atomic E-state index is -0.0579. The second-order valence-electron chi connectivity index (χ2n) is 6.31. The molecule has 0 saturated carbocycles. The van der Waals surface area contributed by atoms with E-state index in [4.69, 9.17) is 4.42 Å². The molecule has 6 nitrogen and oxygen atoms in total. The number of aryl methyl sites for hydroxylation is 1. The maximum atomic E-state index is 11.9. The fourth-order valence-electron chi connectivity index (χ4n) is 3.01. The Bertz CT molecular complexity index is 703. The van der Waals surface area contributed by atoms with Crippen molar-refractivity contribution in [2.75, 3.05) is 37.6 Å². The number of furan rings is 1. The molecule has 1 fully saturated rings. The first-order chi connectivity index (χ1) is 12.2. The van der Waals surface area contributed by atoms with Crippen LogP contribution in [-0.2, 0) is 4.79 Å². The van der Waals surface area contributed by atoms with E-state index in [1.807, 2.05) is 25.1 Å². The molecule has 1 aromatic carbocycles. The van der Waals surface area contributed by atoms with Crippen LogP contribution in [0.25, 0.3) is 0 Å². The number of rotatable bonds is 6. The number of piperazine rings is 1. The number of quaternary nitrogens is 1. The number of nitrogens with zero attached hydrogens (tertiary/aromatic N) is 2. The van der Waals surface area contributed by atoms with Gasteiger partial charge in [0.1, 0.15) is 11.5 Å². The Kier molecular flexibility index (Phi) is 5.85. The number of benzene rings is 1. The second-order valence-corrected chi connectivity index (χ2v) is 6.31. The summed E-state index contributed by atoms with van der Waals surface area (Å²) in [7, 11) is 0. The number of hydrogen-bond donors (Lipinski definition) is 2. The molecule has 0 radical (unpaired) electrons. The number of hydrazone groups is 1. The molecule has 2 N–H and O–H groups in total. The van der Waals surface area contributed by atoms with Crippen molar-refractivity contribution in [2.24, 2.45) is 5.10 Å². The molecule has 0 bridgehead atoms. The molecule has 6 heteroatoms. The van der Waals surface area contributed by atoms with Gasteiger partial charge in [-0.05, 0) is 31.2 Å². The van der Waals surface area contributed by atoms with Crippen LogP contribution >= 0.6 is 0 Å². The molecule has 1 aliphatic heterocycles. The van der Waals surface area contributed by atoms with Gasteiger partial charge in [-0.1, -0.05) is 18.2 Å². The van der Waals surface area contributed by atoms with Crippen molar-refractivity contribution < 1.29 is 14.1 Å². The van der Waals surface area contributed by atoms with E-state index >= 15 is 0 Å². The second kappa shape index (κ2) is 8.48. The number of anilines is 1. The number of hydrogen-bond acceptors (Lipinski definition) is 4. The summed E-state index contributed by atoms with van der Waals surface area (Å²) >= 11 is 0. The predicted octanol–water partition coefficient (Wildman–Crippen LogP) is 0.833. The van der Waals surface area contributed by atoms with Gasteiger partial charge in [-0.25, -0.2) is 5.43 Å². The molecular weight excluding hydrogens is 316 g/mol. The van der Waals surface area contributed by atoms with E-state index in [2.05, 4.69) is 39.7 Å². The van der Waals surface area contributed by atoms with Crippen molar-refractivity contribution in [3.63, 3.8) is 0 Å². The predicted molar refractivity (Wildman–Crippen MR) is 98.0 cm³/mol. The fourth-order valence-corrected chi connectivity index (χ4v) is 3.01. The highest BCUT2D eigenvalue weighted by Crippen LogP contribution is 2.12. The lowest BCUT2D eigenvalue weighted by Crippen LogP contribution is -3.15. The highest BCUT2D eigenvalue weighted by Gasteiger charge is 2.20. The first-order valence-electron chi connectivity index (χ1n) is 8.72. The van der Waals surface area contributed by atoms with Gasteiger partial charge in [-0.3, -0.25) is 4.79 Å². The normalized spacial score (nSPS) is 15.6. The highest BCUT2D eigenvalue weighted by atomic mass is 16.3. The third kappa shape index (κ3) is 5.19. The molecule has 2 aromatic rings. The smallest absolute Gasteiger partial charge is 0.245 e. The summed E-state index contributed by atoms with van der Waals surface area (Å²) in [5, 5.41) is 3.93. The van der Waals surface area contributed by atoms with Gasteiger partial charge in [0.15, 0.2) is 0 Å². The lowest BCUT2D eigenvalue weighted by atomic mass is 10.2. The van der Waals surface area contributed by atoms with Gasteiger partial charge in [0, 0.05) is 5.69 Å². The van der Waals surface area contributed by atoms with Crippen LogP contribution < -0.4 is 15.2 Å². The minimum Gasteiger partial charge on any atom is -0.460 e. The molecule has 3 rings (SSSR count). The lowest BCUT2D eigenvalue weighted by molar-refractivity contribution is -0.900. The Hall–Kier alpha value is -2.60. The van der Waals surface area contributed by atoms with E-state index in [0.717, 1.165) is 38.5 Å². The van der Waals surface area contributed by atoms with Gasteiger partial charge in [-0.2, -0.15) is 5.10 Å². The topological polar surface area (TPSA) is 62.3 Å². The first-order valence-corrected chi connectivity index (χ1v) is 8.72. The van der Waals surface area contributed by atoms with Gasteiger partial charge in [0.05, 0.1) is 45.4 Å². The lowest BCUT2D eigenvalue weighted by Gasteiger charge is -2.33. The summed E-state index contributed by atoms with van der Waals surface area (Å²) in [5.74, 6) is 1.41. The quantitative estimate of drug-likeness (QED) is 0.604. The molecule has 0 unspecified atom stereocenters. The highest BCUT2D eigenvalue weighted by molar-refractivity contribution is 5.80. The summed E-state index contributed by atoms with van der Waals surface area (Å²) in [6.45, 7) is 6.86. The fraction of sp³-hybridized carbons (Fsp3) is 0.368. The summed E-state index contributed by atoms with van der Waals surface area (Å²) < 4.78 is 5.36. The molecule has 1 amide bonds. The number of nitrogens with one attached hydrogen (secondary N) is 2. The van der Waals surface area contributed by atoms with Crippen LogP contribution in [0.1, 0.15) is 17.9 Å². The number of para-hydroxylation sites is 1. The number of carbonyl (C=O) groups excluding carboxylic acids is 1. The Morgan fingerprint density at radius 2 is 2.00 bits per heavy atom. The zero-order valence-electron chi connectivity index (χ0n) is 14.6. The number of carbonyl (C=O) groups is 1. The van der Waals surface area contributed by atoms with Crippen molar-refractivity contribution >= 4 is 17.8 Å². The van der Waals surface area contributed by atoms with Gasteiger partial charge in [-0.15, -0.1) is 0 Å². The molecule has 1 aliphatic rings. The van der Waals surface area contributed by atoms with Crippen LogP contribution in [0, 0.1) is 6.92 Å². The average Bonchev–Trinajstić information content (AvgIpc) is 3.06. The minimum absolute atomic E-state index is 0.0579. The average molecular weight is 341 g/mol. The summed E-state index contributed by atoms with van der Waals surface area (Å²) in [6, 6.07) is 14.2. The van der Waals surface area contributed by atoms with Crippen LogP contribution in [0.15, 0.2) is 52.0 Å². The third-order valence-electron chi connectivity index (χ3n) is 4.44. The summed E-state index contributed by atoms with van der Waals surface area (Å²) in [5.41, 5.74) is 3.84. The largest absolute Gasteiger partial charge is 0.460 e. The van der Waals surface area contributed by atoms with Crippen LogP contribution in [0.5, 0.6) is 0 Å². The van der Waals surface area contributed by atoms with Gasteiger partial charge < -0.3 is 14.2 Å². The molecule has 2 heterocycles. The summed E-state index contributed by atoms with van der Waals surface area (Å²) in [6.07, 6.45) is 2.01. The van der Waals surface area contributed by atoms with Crippen molar-refractivity contribution in [1.29, 1.82) is 0 Å². The third-order valence-corrected chi connectivity index (χ3v) is 4.44. The van der Waals surface area contributed by atoms with Gasteiger partial charge in [0.25, 0.3) is 0 Å². The van der Waals surface area contributed by atoms with Gasteiger partial charge >= 0.3 is 0 Å². The molecule has 132 valence electrons. The molecule has 1 saturated heterocycles.